The number of ether oxygens (including phenoxy) is 1. The summed E-state index contributed by atoms with van der Waals surface area (Å²) in [6.07, 6.45) is 3.14. The van der Waals surface area contributed by atoms with Crippen LogP contribution in [0.4, 0.5) is 14.9 Å². The zero-order valence-corrected chi connectivity index (χ0v) is 18.0. The first-order valence-corrected chi connectivity index (χ1v) is 10.3. The van der Waals surface area contributed by atoms with E-state index in [0.29, 0.717) is 17.0 Å². The van der Waals surface area contributed by atoms with Crippen molar-refractivity contribution in [3.05, 3.63) is 75.9 Å². The van der Waals surface area contributed by atoms with E-state index < -0.39 is 29.4 Å². The number of nitrogens with one attached hydrogen (secondary N) is 1. The van der Waals surface area contributed by atoms with Gasteiger partial charge >= 0.3 is 0 Å². The van der Waals surface area contributed by atoms with E-state index in [2.05, 4.69) is 27.8 Å². The molecule has 1 heterocycles. The van der Waals surface area contributed by atoms with Crippen LogP contribution in [0.1, 0.15) is 5.56 Å². The highest BCUT2D eigenvalue weighted by molar-refractivity contribution is 9.10. The van der Waals surface area contributed by atoms with Crippen LogP contribution in [0.2, 0.25) is 0 Å². The number of amides is 3. The summed E-state index contributed by atoms with van der Waals surface area (Å²) in [5.74, 6) is -1.05. The number of carbonyl (C=O) groups excluding carboxylic acids is 3. The number of carbonyl (C=O) groups is 3. The molecule has 1 aliphatic rings. The molecule has 2 aromatic carbocycles. The topological polar surface area (TPSA) is 75.7 Å². The van der Waals surface area contributed by atoms with Crippen LogP contribution in [0, 0.1) is 5.82 Å². The van der Waals surface area contributed by atoms with E-state index in [4.69, 9.17) is 4.74 Å². The Balaban J connectivity index is 1.74. The Hall–Kier alpha value is -2.91. The molecule has 3 amide bonds. The van der Waals surface area contributed by atoms with Gasteiger partial charge in [0.15, 0.2) is 0 Å². The predicted octanol–water partition coefficient (Wildman–Crippen LogP) is 4.83. The van der Waals surface area contributed by atoms with Crippen molar-refractivity contribution in [2.24, 2.45) is 0 Å². The lowest BCUT2D eigenvalue weighted by molar-refractivity contribution is -0.127. The predicted molar refractivity (Wildman–Crippen MR) is 118 cm³/mol. The minimum Gasteiger partial charge on any atom is -0.489 e. The number of thioether (sulfide) groups is 1. The first-order chi connectivity index (χ1) is 14.4. The van der Waals surface area contributed by atoms with E-state index in [0.717, 1.165) is 21.1 Å². The summed E-state index contributed by atoms with van der Waals surface area (Å²) in [4.78, 5) is 38.2. The lowest BCUT2D eigenvalue weighted by Gasteiger charge is -2.12. The molecule has 1 saturated heterocycles. The second kappa shape index (κ2) is 9.73. The van der Waals surface area contributed by atoms with Crippen LogP contribution < -0.4 is 10.1 Å². The summed E-state index contributed by atoms with van der Waals surface area (Å²) < 4.78 is 19.3. The van der Waals surface area contributed by atoms with Crippen molar-refractivity contribution in [2.45, 2.75) is 0 Å². The molecule has 2 aromatic rings. The van der Waals surface area contributed by atoms with E-state index >= 15 is 0 Å². The molecule has 0 saturated carbocycles. The first-order valence-electron chi connectivity index (χ1n) is 8.71. The maximum atomic E-state index is 13.0. The van der Waals surface area contributed by atoms with Crippen LogP contribution in [0.5, 0.6) is 5.75 Å². The van der Waals surface area contributed by atoms with E-state index in [1.165, 1.54) is 24.3 Å². The molecule has 9 heteroatoms. The van der Waals surface area contributed by atoms with Gasteiger partial charge in [0, 0.05) is 15.7 Å². The van der Waals surface area contributed by atoms with Gasteiger partial charge in [-0.2, -0.15) is 0 Å². The smallest absolute Gasteiger partial charge is 0.294 e. The summed E-state index contributed by atoms with van der Waals surface area (Å²) in [6.45, 7) is 3.44. The minimum absolute atomic E-state index is 0.177. The molecule has 1 fully saturated rings. The average Bonchev–Trinajstić information content (AvgIpc) is 2.96. The highest BCUT2D eigenvalue weighted by Gasteiger charge is 2.36. The molecular weight excluding hydrogens is 475 g/mol. The number of anilines is 1. The fourth-order valence-electron chi connectivity index (χ4n) is 2.57. The molecule has 0 bridgehead atoms. The Kier molecular flexibility index (Phi) is 7.07. The number of nitrogens with zero attached hydrogens (tertiary/aromatic N) is 1. The van der Waals surface area contributed by atoms with Crippen LogP contribution >= 0.6 is 27.7 Å². The maximum absolute atomic E-state index is 13.0. The maximum Gasteiger partial charge on any atom is 0.294 e. The largest absolute Gasteiger partial charge is 0.489 e. The van der Waals surface area contributed by atoms with Crippen LogP contribution in [0.25, 0.3) is 6.08 Å². The Labute approximate surface area is 184 Å². The SMILES string of the molecule is C=CCOc1ccc(Br)cc1/C=C1/SC(=O)N(CC(=O)Nc2ccc(F)cc2)C1=O. The number of halogens is 2. The molecule has 0 atom stereocenters. The van der Waals surface area contributed by atoms with Gasteiger partial charge in [-0.1, -0.05) is 28.6 Å². The van der Waals surface area contributed by atoms with Gasteiger partial charge in [0.2, 0.25) is 5.91 Å². The van der Waals surface area contributed by atoms with E-state index in [-0.39, 0.29) is 11.5 Å². The first kappa shape index (κ1) is 21.8. The van der Waals surface area contributed by atoms with Crippen molar-refractivity contribution in [1.82, 2.24) is 4.90 Å². The average molecular weight is 491 g/mol. The second-order valence-corrected chi connectivity index (χ2v) is 8.01. The highest BCUT2D eigenvalue weighted by atomic mass is 79.9. The van der Waals surface area contributed by atoms with Crippen molar-refractivity contribution in [2.75, 3.05) is 18.5 Å². The summed E-state index contributed by atoms with van der Waals surface area (Å²) >= 11 is 4.11. The molecule has 0 spiro atoms. The number of hydrogen-bond donors (Lipinski definition) is 1. The van der Waals surface area contributed by atoms with E-state index in [1.54, 1.807) is 30.4 Å². The molecule has 1 N–H and O–H groups in total. The molecule has 0 aromatic heterocycles. The lowest BCUT2D eigenvalue weighted by atomic mass is 10.2. The molecule has 6 nitrogen and oxygen atoms in total. The summed E-state index contributed by atoms with van der Waals surface area (Å²) in [6, 6.07) is 10.5. The third-order valence-corrected chi connectivity index (χ3v) is 5.32. The van der Waals surface area contributed by atoms with Gasteiger partial charge in [-0.3, -0.25) is 19.3 Å². The lowest BCUT2D eigenvalue weighted by Crippen LogP contribution is -2.36. The quantitative estimate of drug-likeness (QED) is 0.444. The molecule has 0 radical (unpaired) electrons. The zero-order valence-electron chi connectivity index (χ0n) is 15.6. The molecule has 0 aliphatic carbocycles. The van der Waals surface area contributed by atoms with E-state index in [9.17, 15) is 18.8 Å². The van der Waals surface area contributed by atoms with Gasteiger partial charge in [-0.25, -0.2) is 4.39 Å². The van der Waals surface area contributed by atoms with Crippen molar-refractivity contribution < 1.29 is 23.5 Å². The molecule has 0 unspecified atom stereocenters. The van der Waals surface area contributed by atoms with E-state index in [1.807, 2.05) is 0 Å². The van der Waals surface area contributed by atoms with Crippen LogP contribution in [0.3, 0.4) is 0 Å². The normalized spacial score (nSPS) is 14.9. The fourth-order valence-corrected chi connectivity index (χ4v) is 3.78. The third-order valence-electron chi connectivity index (χ3n) is 3.92. The Bertz CT molecular complexity index is 1040. The molecule has 30 heavy (non-hydrogen) atoms. The van der Waals surface area contributed by atoms with Gasteiger partial charge in [-0.05, 0) is 60.3 Å². The van der Waals surface area contributed by atoms with Gasteiger partial charge in [0.05, 0.1) is 4.91 Å². The summed E-state index contributed by atoms with van der Waals surface area (Å²) in [5, 5.41) is 1.97. The van der Waals surface area contributed by atoms with Gasteiger partial charge in [-0.15, -0.1) is 0 Å². The van der Waals surface area contributed by atoms with Crippen molar-refractivity contribution in [1.29, 1.82) is 0 Å². The summed E-state index contributed by atoms with van der Waals surface area (Å²) in [5.41, 5.74) is 0.967. The van der Waals surface area contributed by atoms with Crippen molar-refractivity contribution in [3.63, 3.8) is 0 Å². The summed E-state index contributed by atoms with van der Waals surface area (Å²) in [7, 11) is 0. The molecule has 3 rings (SSSR count). The van der Waals surface area contributed by atoms with Crippen LogP contribution in [-0.2, 0) is 9.59 Å². The third kappa shape index (κ3) is 5.37. The molecular formula is C21H16BrFN2O4S. The Morgan fingerprint density at radius 2 is 1.97 bits per heavy atom. The van der Waals surface area contributed by atoms with Gasteiger partial charge in [0.1, 0.15) is 24.7 Å². The van der Waals surface area contributed by atoms with Gasteiger partial charge in [0.25, 0.3) is 11.1 Å². The fraction of sp³-hybridized carbons (Fsp3) is 0.0952. The molecule has 1 aliphatic heterocycles. The monoisotopic (exact) mass is 490 g/mol. The standard InChI is InChI=1S/C21H16BrFN2O4S/c1-2-9-29-17-8-3-14(22)10-13(17)11-18-20(27)25(21(28)30-18)12-19(26)24-16-6-4-15(23)5-7-16/h2-8,10-11H,1,9,12H2,(H,24,26)/b18-11+. The number of hydrogen-bond acceptors (Lipinski definition) is 5. The molecule has 154 valence electrons. The van der Waals surface area contributed by atoms with Crippen LogP contribution in [0.15, 0.2) is 64.5 Å². The zero-order chi connectivity index (χ0) is 21.7. The van der Waals surface area contributed by atoms with Crippen molar-refractivity contribution >= 4 is 56.5 Å². The minimum atomic E-state index is -0.575. The van der Waals surface area contributed by atoms with Crippen molar-refractivity contribution in [3.8, 4) is 5.75 Å². The Morgan fingerprint density at radius 3 is 2.67 bits per heavy atom. The van der Waals surface area contributed by atoms with Gasteiger partial charge < -0.3 is 10.1 Å². The highest BCUT2D eigenvalue weighted by Crippen LogP contribution is 2.34. The second-order valence-electron chi connectivity index (χ2n) is 6.10. The van der Waals surface area contributed by atoms with Crippen LogP contribution in [-0.4, -0.2) is 35.1 Å². The number of rotatable bonds is 7. The Morgan fingerprint density at radius 1 is 1.23 bits per heavy atom. The number of imide groups is 1. The number of benzene rings is 2.